The van der Waals surface area contributed by atoms with Crippen LogP contribution in [0.25, 0.3) is 5.65 Å². The van der Waals surface area contributed by atoms with Gasteiger partial charge in [0, 0.05) is 24.4 Å². The molecule has 2 fully saturated rings. The number of pyridine rings is 1. The number of Topliss-reactive ketones (excluding diaryl/α,β-unsaturated/α-hetero) is 1. The van der Waals surface area contributed by atoms with Crippen LogP contribution in [0.5, 0.6) is 0 Å². The Morgan fingerprint density at radius 3 is 2.62 bits per heavy atom. The Balaban J connectivity index is 1.33. The molecule has 2 aliphatic rings. The van der Waals surface area contributed by atoms with Crippen LogP contribution in [-0.4, -0.2) is 31.0 Å². The first-order valence-electron chi connectivity index (χ1n) is 9.96. The van der Waals surface area contributed by atoms with Crippen LogP contribution in [0.2, 0.25) is 0 Å². The van der Waals surface area contributed by atoms with Gasteiger partial charge in [0.05, 0.1) is 17.8 Å². The fourth-order valence-corrected chi connectivity index (χ4v) is 3.43. The zero-order valence-electron chi connectivity index (χ0n) is 16.2. The molecule has 0 aromatic carbocycles. The maximum absolute atomic E-state index is 12.1. The van der Waals surface area contributed by atoms with Crippen LogP contribution in [0.1, 0.15) is 60.1 Å². The lowest BCUT2D eigenvalue weighted by Gasteiger charge is -2.06. The standard InChI is InChI=1S/C21H22N6O2/c1-12(28)17-6-15(13-2-3-13)9-27-10-16(25-20(17)27)8-22-18-7-19(24-11-23-18)26-21(29)14-4-5-14/h6-7,9-11,13-14H,2-5,8H2,1H3,(H2,22,23,24,26,29). The maximum atomic E-state index is 12.1. The molecule has 0 bridgehead atoms. The van der Waals surface area contributed by atoms with Gasteiger partial charge in [0.1, 0.15) is 23.6 Å². The van der Waals surface area contributed by atoms with E-state index in [2.05, 4.69) is 31.8 Å². The molecule has 2 aliphatic carbocycles. The summed E-state index contributed by atoms with van der Waals surface area (Å²) in [6.07, 6.45) is 9.69. The molecule has 2 N–H and O–H groups in total. The molecule has 148 valence electrons. The Morgan fingerprint density at radius 2 is 1.90 bits per heavy atom. The van der Waals surface area contributed by atoms with Crippen LogP contribution >= 0.6 is 0 Å². The van der Waals surface area contributed by atoms with E-state index >= 15 is 0 Å². The van der Waals surface area contributed by atoms with Gasteiger partial charge in [0.25, 0.3) is 0 Å². The second kappa shape index (κ2) is 6.95. The van der Waals surface area contributed by atoms with Crippen LogP contribution in [0.4, 0.5) is 11.6 Å². The van der Waals surface area contributed by atoms with Crippen LogP contribution in [-0.2, 0) is 11.3 Å². The molecule has 5 rings (SSSR count). The summed E-state index contributed by atoms with van der Waals surface area (Å²) < 4.78 is 1.95. The van der Waals surface area contributed by atoms with E-state index in [0.29, 0.717) is 35.3 Å². The molecule has 2 saturated carbocycles. The average Bonchev–Trinajstić information content (AvgIpc) is 3.61. The van der Waals surface area contributed by atoms with Gasteiger partial charge in [-0.15, -0.1) is 0 Å². The predicted octanol–water partition coefficient (Wildman–Crippen LogP) is 3.16. The van der Waals surface area contributed by atoms with E-state index in [4.69, 9.17) is 0 Å². The molecule has 3 aromatic rings. The van der Waals surface area contributed by atoms with Crippen LogP contribution in [0, 0.1) is 5.92 Å². The van der Waals surface area contributed by atoms with E-state index in [1.165, 1.54) is 24.7 Å². The van der Waals surface area contributed by atoms with Crippen LogP contribution in [0.15, 0.2) is 30.9 Å². The van der Waals surface area contributed by atoms with Crippen LogP contribution in [0.3, 0.4) is 0 Å². The van der Waals surface area contributed by atoms with Gasteiger partial charge in [-0.1, -0.05) is 0 Å². The molecular formula is C21H22N6O2. The highest BCUT2D eigenvalue weighted by Crippen LogP contribution is 2.40. The molecule has 1 amide bonds. The third-order valence-electron chi connectivity index (χ3n) is 5.37. The number of carbonyl (C=O) groups excluding carboxylic acids is 2. The minimum absolute atomic E-state index is 0.0122. The summed E-state index contributed by atoms with van der Waals surface area (Å²) in [5, 5.41) is 6.03. The number of anilines is 2. The number of ketones is 1. The molecule has 3 heterocycles. The van der Waals surface area contributed by atoms with Crippen molar-refractivity contribution in [2.24, 2.45) is 5.92 Å². The van der Waals surface area contributed by atoms with Gasteiger partial charge < -0.3 is 15.0 Å². The van der Waals surface area contributed by atoms with Crippen molar-refractivity contribution in [1.82, 2.24) is 19.4 Å². The maximum Gasteiger partial charge on any atom is 0.228 e. The fourth-order valence-electron chi connectivity index (χ4n) is 3.43. The van der Waals surface area contributed by atoms with Crippen molar-refractivity contribution >= 4 is 29.0 Å². The predicted molar refractivity (Wildman–Crippen MR) is 108 cm³/mol. The number of nitrogens with zero attached hydrogens (tertiary/aromatic N) is 4. The third kappa shape index (κ3) is 3.83. The zero-order chi connectivity index (χ0) is 20.0. The van der Waals surface area contributed by atoms with E-state index in [-0.39, 0.29) is 17.6 Å². The SMILES string of the molecule is CC(=O)c1cc(C2CC2)cn2cc(CNc3cc(NC(=O)C4CC4)ncn3)nc12. The van der Waals surface area contributed by atoms with Crippen molar-refractivity contribution in [3.8, 4) is 0 Å². The number of nitrogens with one attached hydrogen (secondary N) is 2. The molecule has 8 heteroatoms. The van der Waals surface area contributed by atoms with Gasteiger partial charge >= 0.3 is 0 Å². The van der Waals surface area contributed by atoms with Gasteiger partial charge in [-0.25, -0.2) is 15.0 Å². The molecule has 0 atom stereocenters. The van der Waals surface area contributed by atoms with Crippen molar-refractivity contribution in [3.63, 3.8) is 0 Å². The lowest BCUT2D eigenvalue weighted by atomic mass is 10.1. The molecule has 0 spiro atoms. The number of carbonyl (C=O) groups is 2. The minimum Gasteiger partial charge on any atom is -0.364 e. The highest BCUT2D eigenvalue weighted by atomic mass is 16.2. The summed E-state index contributed by atoms with van der Waals surface area (Å²) >= 11 is 0. The highest BCUT2D eigenvalue weighted by Gasteiger charge is 2.30. The van der Waals surface area contributed by atoms with Gasteiger partial charge in [-0.3, -0.25) is 9.59 Å². The number of fused-ring (bicyclic) bond motifs is 1. The number of hydrogen-bond donors (Lipinski definition) is 2. The molecule has 8 nitrogen and oxygen atoms in total. The first-order valence-corrected chi connectivity index (χ1v) is 9.96. The number of hydrogen-bond acceptors (Lipinski definition) is 6. The monoisotopic (exact) mass is 390 g/mol. The van der Waals surface area contributed by atoms with Crippen molar-refractivity contribution in [3.05, 3.63) is 47.7 Å². The third-order valence-corrected chi connectivity index (χ3v) is 5.37. The summed E-state index contributed by atoms with van der Waals surface area (Å²) in [4.78, 5) is 36.9. The largest absolute Gasteiger partial charge is 0.364 e. The van der Waals surface area contributed by atoms with E-state index in [0.717, 1.165) is 18.5 Å². The van der Waals surface area contributed by atoms with E-state index in [9.17, 15) is 9.59 Å². The van der Waals surface area contributed by atoms with Crippen molar-refractivity contribution in [2.45, 2.75) is 45.1 Å². The van der Waals surface area contributed by atoms with E-state index in [1.54, 1.807) is 13.0 Å². The molecule has 0 aliphatic heterocycles. The normalized spacial score (nSPS) is 16.0. The van der Waals surface area contributed by atoms with Crippen LogP contribution < -0.4 is 10.6 Å². The zero-order valence-corrected chi connectivity index (χ0v) is 16.2. The van der Waals surface area contributed by atoms with Crippen molar-refractivity contribution in [2.75, 3.05) is 10.6 Å². The summed E-state index contributed by atoms with van der Waals surface area (Å²) in [5.41, 5.74) is 3.35. The average molecular weight is 390 g/mol. The lowest BCUT2D eigenvalue weighted by molar-refractivity contribution is -0.117. The number of imidazole rings is 1. The second-order valence-corrected chi connectivity index (χ2v) is 7.89. The highest BCUT2D eigenvalue weighted by molar-refractivity contribution is 6.00. The minimum atomic E-state index is 0.0122. The number of aromatic nitrogens is 4. The molecular weight excluding hydrogens is 368 g/mol. The molecule has 29 heavy (non-hydrogen) atoms. The summed E-state index contributed by atoms with van der Waals surface area (Å²) in [5.74, 6) is 1.81. The summed E-state index contributed by atoms with van der Waals surface area (Å²) in [7, 11) is 0. The quantitative estimate of drug-likeness (QED) is 0.601. The topological polar surface area (TPSA) is 101 Å². The Hall–Kier alpha value is -3.29. The van der Waals surface area contributed by atoms with Gasteiger partial charge in [0.15, 0.2) is 5.78 Å². The van der Waals surface area contributed by atoms with Crippen molar-refractivity contribution < 1.29 is 9.59 Å². The Morgan fingerprint density at radius 1 is 1.10 bits per heavy atom. The van der Waals surface area contributed by atoms with Crippen molar-refractivity contribution in [1.29, 1.82) is 0 Å². The summed E-state index contributed by atoms with van der Waals surface area (Å²) in [6.45, 7) is 2.03. The van der Waals surface area contributed by atoms with E-state index < -0.39 is 0 Å². The smallest absolute Gasteiger partial charge is 0.228 e. The molecule has 0 radical (unpaired) electrons. The molecule has 3 aromatic heterocycles. The van der Waals surface area contributed by atoms with E-state index in [1.807, 2.05) is 16.7 Å². The lowest BCUT2D eigenvalue weighted by Crippen LogP contribution is -2.14. The number of rotatable bonds is 7. The summed E-state index contributed by atoms with van der Waals surface area (Å²) in [6, 6.07) is 3.70. The fraction of sp³-hybridized carbons (Fsp3) is 0.381. The Bertz CT molecular complexity index is 1110. The van der Waals surface area contributed by atoms with Gasteiger partial charge in [-0.2, -0.15) is 0 Å². The first kappa shape index (κ1) is 17.8. The number of amides is 1. The van der Waals surface area contributed by atoms with Gasteiger partial charge in [-0.05, 0) is 50.2 Å². The van der Waals surface area contributed by atoms with Gasteiger partial charge in [0.2, 0.25) is 5.91 Å². The Labute approximate surface area is 167 Å². The Kier molecular flexibility index (Phi) is 4.26. The second-order valence-electron chi connectivity index (χ2n) is 7.89. The molecule has 0 saturated heterocycles. The first-order chi connectivity index (χ1) is 14.1. The molecule has 0 unspecified atom stereocenters.